The maximum atomic E-state index is 2.31. The summed E-state index contributed by atoms with van der Waals surface area (Å²) in [7, 11) is 0.137. The molecule has 0 nitrogen and oxygen atoms in total. The topological polar surface area (TPSA) is 0 Å². The minimum atomic E-state index is 0. The Kier molecular flexibility index (Phi) is 10.6. The van der Waals surface area contributed by atoms with E-state index in [0.29, 0.717) is 0 Å². The monoisotopic (exact) mass is 151 g/mol. The van der Waals surface area contributed by atoms with E-state index in [1.54, 1.807) is 0 Å². The first-order valence-electron chi connectivity index (χ1n) is 3.18. The van der Waals surface area contributed by atoms with E-state index in [9.17, 15) is 0 Å². The molecule has 0 bridgehead atoms. The summed E-state index contributed by atoms with van der Waals surface area (Å²) < 4.78 is 0. The van der Waals surface area contributed by atoms with E-state index >= 15 is 0 Å². The maximum absolute atomic E-state index is 2.31. The molecule has 0 spiro atoms. The molecule has 0 aliphatic carbocycles. The van der Waals surface area contributed by atoms with Crippen LogP contribution in [0.5, 0.6) is 0 Å². The lowest BCUT2D eigenvalue weighted by molar-refractivity contribution is 1.24. The number of hydrogen-bond acceptors (Lipinski definition) is 0. The van der Waals surface area contributed by atoms with Crippen LogP contribution in [0.4, 0.5) is 0 Å². The van der Waals surface area contributed by atoms with Crippen LogP contribution in [0, 0.1) is 0 Å². The van der Waals surface area contributed by atoms with Crippen LogP contribution in [0.15, 0.2) is 0 Å². The number of rotatable bonds is 3. The highest BCUT2D eigenvalue weighted by molar-refractivity contribution is 6.58. The Hall–Kier alpha value is 0.507. The summed E-state index contributed by atoms with van der Waals surface area (Å²) in [5.41, 5.74) is 0. The van der Waals surface area contributed by atoms with E-state index < -0.39 is 0 Å². The van der Waals surface area contributed by atoms with Crippen molar-refractivity contribution in [1.29, 1.82) is 0 Å². The van der Waals surface area contributed by atoms with Crippen LogP contribution >= 0.6 is 12.4 Å². The average Bonchev–Trinajstić information content (AvgIpc) is 1.72. The summed E-state index contributed by atoms with van der Waals surface area (Å²) in [6, 6.07) is 4.37. The molecular formula is C6H16ClSi. The summed E-state index contributed by atoms with van der Waals surface area (Å²) in [6.07, 6.45) is 0. The van der Waals surface area contributed by atoms with Gasteiger partial charge in [0.05, 0.1) is 0 Å². The van der Waals surface area contributed by atoms with Gasteiger partial charge in [-0.25, -0.2) is 0 Å². The van der Waals surface area contributed by atoms with Crippen molar-refractivity contribution in [3.8, 4) is 0 Å². The molecule has 0 N–H and O–H groups in total. The summed E-state index contributed by atoms with van der Waals surface area (Å²) in [6.45, 7) is 6.92. The van der Waals surface area contributed by atoms with Gasteiger partial charge in [-0.3, -0.25) is 0 Å². The van der Waals surface area contributed by atoms with E-state index in [-0.39, 0.29) is 21.2 Å². The summed E-state index contributed by atoms with van der Waals surface area (Å²) in [5.74, 6) is 0. The molecule has 0 atom stereocenters. The normalized spacial score (nSPS) is 9.00. The molecule has 8 heavy (non-hydrogen) atoms. The van der Waals surface area contributed by atoms with Crippen LogP contribution in [0.1, 0.15) is 20.8 Å². The van der Waals surface area contributed by atoms with Crippen molar-refractivity contribution in [2.45, 2.75) is 38.9 Å². The van der Waals surface area contributed by atoms with Crippen LogP contribution in [-0.2, 0) is 0 Å². The molecule has 0 aromatic heterocycles. The fourth-order valence-corrected chi connectivity index (χ4v) is 2.25. The molecule has 0 saturated heterocycles. The SMILES string of the molecule is CC[Si](CC)CC.Cl. The first kappa shape index (κ1) is 11.3. The van der Waals surface area contributed by atoms with Crippen molar-refractivity contribution in [3.05, 3.63) is 0 Å². The first-order valence-corrected chi connectivity index (χ1v) is 5.30. The van der Waals surface area contributed by atoms with Gasteiger partial charge in [-0.15, -0.1) is 12.4 Å². The Labute approximate surface area is 60.7 Å². The second-order valence-electron chi connectivity index (χ2n) is 1.81. The lowest BCUT2D eigenvalue weighted by atomic mass is 10.9. The highest BCUT2D eigenvalue weighted by Crippen LogP contribution is 2.01. The molecular weight excluding hydrogens is 136 g/mol. The predicted molar refractivity (Wildman–Crippen MR) is 44.4 cm³/mol. The van der Waals surface area contributed by atoms with Gasteiger partial charge in [0.15, 0.2) is 0 Å². The van der Waals surface area contributed by atoms with Crippen molar-refractivity contribution in [3.63, 3.8) is 0 Å². The van der Waals surface area contributed by atoms with Crippen LogP contribution in [0.2, 0.25) is 18.1 Å². The van der Waals surface area contributed by atoms with E-state index in [4.69, 9.17) is 0 Å². The van der Waals surface area contributed by atoms with Gasteiger partial charge in [-0.05, 0) is 0 Å². The Morgan fingerprint density at radius 2 is 1.12 bits per heavy atom. The molecule has 0 aliphatic rings. The smallest absolute Gasteiger partial charge is 0.0470 e. The van der Waals surface area contributed by atoms with Gasteiger partial charge in [-0.1, -0.05) is 38.9 Å². The summed E-state index contributed by atoms with van der Waals surface area (Å²) in [4.78, 5) is 0. The molecule has 0 aliphatic heterocycles. The second-order valence-corrected chi connectivity index (χ2v) is 5.43. The van der Waals surface area contributed by atoms with Crippen LogP contribution in [-0.4, -0.2) is 8.80 Å². The highest BCUT2D eigenvalue weighted by Gasteiger charge is 1.98. The lowest BCUT2D eigenvalue weighted by Crippen LogP contribution is -2.04. The zero-order valence-corrected chi connectivity index (χ0v) is 7.85. The molecule has 0 aromatic rings. The van der Waals surface area contributed by atoms with E-state index in [1.807, 2.05) is 0 Å². The molecule has 0 saturated carbocycles. The molecule has 1 radical (unpaired) electrons. The molecule has 0 heterocycles. The van der Waals surface area contributed by atoms with Crippen molar-refractivity contribution in [2.24, 2.45) is 0 Å². The third-order valence-corrected chi connectivity index (χ3v) is 4.50. The zero-order chi connectivity index (χ0) is 5.70. The second kappa shape index (κ2) is 7.51. The summed E-state index contributed by atoms with van der Waals surface area (Å²) in [5, 5.41) is 0. The summed E-state index contributed by atoms with van der Waals surface area (Å²) >= 11 is 0. The van der Waals surface area contributed by atoms with E-state index in [2.05, 4.69) is 20.8 Å². The molecule has 0 rings (SSSR count). The largest absolute Gasteiger partial charge is 0.147 e. The molecule has 0 aromatic carbocycles. The van der Waals surface area contributed by atoms with Gasteiger partial charge >= 0.3 is 0 Å². The van der Waals surface area contributed by atoms with Gasteiger partial charge in [0.1, 0.15) is 0 Å². The average molecular weight is 152 g/mol. The van der Waals surface area contributed by atoms with Crippen LogP contribution in [0.25, 0.3) is 0 Å². The third kappa shape index (κ3) is 4.66. The highest BCUT2D eigenvalue weighted by atomic mass is 35.5. The number of hydrogen-bond donors (Lipinski definition) is 0. The van der Waals surface area contributed by atoms with Gasteiger partial charge in [-0.2, -0.15) is 0 Å². The fraction of sp³-hybridized carbons (Fsp3) is 1.00. The van der Waals surface area contributed by atoms with Crippen molar-refractivity contribution in [1.82, 2.24) is 0 Å². The molecule has 0 amide bonds. The Balaban J connectivity index is 0. The zero-order valence-electron chi connectivity index (χ0n) is 6.03. The maximum Gasteiger partial charge on any atom is 0.0470 e. The Bertz CT molecular complexity index is 30.0. The first-order chi connectivity index (χ1) is 3.35. The molecule has 0 fully saturated rings. The van der Waals surface area contributed by atoms with E-state index in [1.165, 1.54) is 18.1 Å². The Morgan fingerprint density at radius 1 is 0.875 bits per heavy atom. The van der Waals surface area contributed by atoms with Crippen molar-refractivity contribution >= 4 is 21.2 Å². The minimum Gasteiger partial charge on any atom is -0.147 e. The Morgan fingerprint density at radius 3 is 1.12 bits per heavy atom. The van der Waals surface area contributed by atoms with Gasteiger partial charge in [0.2, 0.25) is 0 Å². The van der Waals surface area contributed by atoms with Crippen LogP contribution in [0.3, 0.4) is 0 Å². The molecule has 51 valence electrons. The lowest BCUT2D eigenvalue weighted by Gasteiger charge is -2.02. The van der Waals surface area contributed by atoms with Crippen LogP contribution < -0.4 is 0 Å². The standard InChI is InChI=1S/C6H15Si.ClH/c1-4-7(5-2)6-3;/h4-6H2,1-3H3;1H. The quantitative estimate of drug-likeness (QED) is 0.545. The molecule has 0 unspecified atom stereocenters. The third-order valence-electron chi connectivity index (χ3n) is 1.50. The fourth-order valence-electron chi connectivity index (χ4n) is 0.750. The van der Waals surface area contributed by atoms with Gasteiger partial charge in [0, 0.05) is 8.80 Å². The van der Waals surface area contributed by atoms with Gasteiger partial charge in [0.25, 0.3) is 0 Å². The predicted octanol–water partition coefficient (Wildman–Crippen LogP) is 2.96. The molecule has 2 heteroatoms. The minimum absolute atomic E-state index is 0. The number of halogens is 1. The van der Waals surface area contributed by atoms with Crippen molar-refractivity contribution < 1.29 is 0 Å². The van der Waals surface area contributed by atoms with E-state index in [0.717, 1.165) is 0 Å². The van der Waals surface area contributed by atoms with Gasteiger partial charge < -0.3 is 0 Å². The van der Waals surface area contributed by atoms with Crippen molar-refractivity contribution in [2.75, 3.05) is 0 Å².